The Hall–Kier alpha value is -1.69. The summed E-state index contributed by atoms with van der Waals surface area (Å²) < 4.78 is 0. The van der Waals surface area contributed by atoms with E-state index in [9.17, 15) is 14.7 Å². The average Bonchev–Trinajstić information content (AvgIpc) is 2.45. The van der Waals surface area contributed by atoms with Crippen LogP contribution in [0.1, 0.15) is 29.3 Å². The molecule has 116 valence electrons. The Morgan fingerprint density at radius 3 is 2.67 bits per heavy atom. The van der Waals surface area contributed by atoms with Crippen LogP contribution >= 0.6 is 11.8 Å². The number of carbonyl (C=O) groups is 2. The van der Waals surface area contributed by atoms with Gasteiger partial charge in [0.1, 0.15) is 0 Å². The number of benzene rings is 1. The fourth-order valence-corrected chi connectivity index (χ4v) is 2.47. The fourth-order valence-electron chi connectivity index (χ4n) is 1.89. The van der Waals surface area contributed by atoms with E-state index in [0.717, 1.165) is 17.7 Å². The highest BCUT2D eigenvalue weighted by Gasteiger charge is 2.19. The van der Waals surface area contributed by atoms with Crippen LogP contribution in [0.3, 0.4) is 0 Å². The maximum atomic E-state index is 12.3. The van der Waals surface area contributed by atoms with Crippen molar-refractivity contribution in [3.63, 3.8) is 0 Å². The van der Waals surface area contributed by atoms with E-state index in [1.165, 1.54) is 6.07 Å². The Bertz CT molecular complexity index is 520. The SMILES string of the molecule is CSCCC(C)N(C)C(=O)Nc1c(C)cccc1C(=O)O. The zero-order valence-corrected chi connectivity index (χ0v) is 13.7. The van der Waals surface area contributed by atoms with Crippen LogP contribution in [0.25, 0.3) is 0 Å². The molecule has 2 amide bonds. The molecule has 0 saturated heterocycles. The second-order valence-electron chi connectivity index (χ2n) is 4.97. The third-order valence-corrected chi connectivity index (χ3v) is 4.10. The van der Waals surface area contributed by atoms with Crippen molar-refractivity contribution in [3.05, 3.63) is 29.3 Å². The van der Waals surface area contributed by atoms with Gasteiger partial charge in [0.25, 0.3) is 0 Å². The molecule has 1 unspecified atom stereocenters. The zero-order chi connectivity index (χ0) is 16.0. The van der Waals surface area contributed by atoms with Crippen LogP contribution in [0.5, 0.6) is 0 Å². The van der Waals surface area contributed by atoms with Crippen LogP contribution in [0.15, 0.2) is 18.2 Å². The number of para-hydroxylation sites is 1. The molecule has 5 nitrogen and oxygen atoms in total. The van der Waals surface area contributed by atoms with E-state index in [1.807, 2.05) is 13.2 Å². The molecule has 0 aliphatic carbocycles. The highest BCUT2D eigenvalue weighted by atomic mass is 32.2. The summed E-state index contributed by atoms with van der Waals surface area (Å²) in [6.45, 7) is 3.75. The highest BCUT2D eigenvalue weighted by molar-refractivity contribution is 7.98. The molecule has 1 aromatic carbocycles. The smallest absolute Gasteiger partial charge is 0.337 e. The lowest BCUT2D eigenvalue weighted by Crippen LogP contribution is -2.39. The van der Waals surface area contributed by atoms with Gasteiger partial charge in [0.15, 0.2) is 0 Å². The van der Waals surface area contributed by atoms with Crippen molar-refractivity contribution in [2.24, 2.45) is 0 Å². The van der Waals surface area contributed by atoms with Gasteiger partial charge in [0.2, 0.25) is 0 Å². The number of hydrogen-bond acceptors (Lipinski definition) is 3. The van der Waals surface area contributed by atoms with Gasteiger partial charge in [-0.15, -0.1) is 0 Å². The summed E-state index contributed by atoms with van der Waals surface area (Å²) in [7, 11) is 1.72. The average molecular weight is 310 g/mol. The van der Waals surface area contributed by atoms with Gasteiger partial charge in [-0.25, -0.2) is 9.59 Å². The molecule has 6 heteroatoms. The predicted molar refractivity (Wildman–Crippen MR) is 87.4 cm³/mol. The van der Waals surface area contributed by atoms with Gasteiger partial charge < -0.3 is 15.3 Å². The van der Waals surface area contributed by atoms with E-state index in [1.54, 1.807) is 42.8 Å². The van der Waals surface area contributed by atoms with Gasteiger partial charge in [-0.05, 0) is 43.9 Å². The second-order valence-corrected chi connectivity index (χ2v) is 5.96. The van der Waals surface area contributed by atoms with Crippen molar-refractivity contribution < 1.29 is 14.7 Å². The number of carboxylic acids is 1. The normalized spacial score (nSPS) is 11.8. The molecule has 1 atom stereocenters. The number of nitrogens with zero attached hydrogens (tertiary/aromatic N) is 1. The van der Waals surface area contributed by atoms with Crippen LogP contribution in [0.2, 0.25) is 0 Å². The number of urea groups is 1. The zero-order valence-electron chi connectivity index (χ0n) is 12.8. The Labute approximate surface area is 129 Å². The van der Waals surface area contributed by atoms with Crippen molar-refractivity contribution in [2.75, 3.05) is 24.4 Å². The number of hydrogen-bond donors (Lipinski definition) is 2. The minimum Gasteiger partial charge on any atom is -0.478 e. The molecule has 0 spiro atoms. The van der Waals surface area contributed by atoms with Crippen LogP contribution in [-0.4, -0.2) is 47.1 Å². The molecule has 0 bridgehead atoms. The lowest BCUT2D eigenvalue weighted by atomic mass is 10.1. The van der Waals surface area contributed by atoms with Crippen LogP contribution < -0.4 is 5.32 Å². The lowest BCUT2D eigenvalue weighted by molar-refractivity contribution is 0.0698. The van der Waals surface area contributed by atoms with E-state index in [0.29, 0.717) is 5.69 Å². The Morgan fingerprint density at radius 1 is 1.43 bits per heavy atom. The Morgan fingerprint density at radius 2 is 2.10 bits per heavy atom. The fraction of sp³-hybridized carbons (Fsp3) is 0.467. The first-order chi connectivity index (χ1) is 9.88. The number of amides is 2. The molecular formula is C15H22N2O3S. The van der Waals surface area contributed by atoms with Gasteiger partial charge in [0.05, 0.1) is 11.3 Å². The number of aryl methyl sites for hydroxylation is 1. The van der Waals surface area contributed by atoms with Gasteiger partial charge in [-0.3, -0.25) is 0 Å². The molecule has 1 aromatic rings. The van der Waals surface area contributed by atoms with Gasteiger partial charge in [-0.2, -0.15) is 11.8 Å². The maximum absolute atomic E-state index is 12.3. The minimum atomic E-state index is -1.05. The minimum absolute atomic E-state index is 0.0924. The maximum Gasteiger partial charge on any atom is 0.337 e. The molecule has 0 aromatic heterocycles. The number of rotatable bonds is 6. The van der Waals surface area contributed by atoms with E-state index >= 15 is 0 Å². The largest absolute Gasteiger partial charge is 0.478 e. The molecule has 0 fully saturated rings. The number of anilines is 1. The van der Waals surface area contributed by atoms with Crippen molar-refractivity contribution >= 4 is 29.4 Å². The van der Waals surface area contributed by atoms with Gasteiger partial charge in [0, 0.05) is 13.1 Å². The Kier molecular flexibility index (Phi) is 6.55. The second kappa shape index (κ2) is 7.93. The number of carboxylic acid groups (broad SMARTS) is 1. The molecule has 0 aliphatic rings. The molecule has 2 N–H and O–H groups in total. The number of nitrogens with one attached hydrogen (secondary N) is 1. The third-order valence-electron chi connectivity index (χ3n) is 3.46. The predicted octanol–water partition coefficient (Wildman–Crippen LogP) is 3.30. The summed E-state index contributed by atoms with van der Waals surface area (Å²) in [6.07, 6.45) is 2.92. The molecule has 0 aliphatic heterocycles. The molecule has 1 rings (SSSR count). The lowest BCUT2D eigenvalue weighted by Gasteiger charge is -2.25. The van der Waals surface area contributed by atoms with Crippen molar-refractivity contribution in [3.8, 4) is 0 Å². The van der Waals surface area contributed by atoms with Crippen LogP contribution in [-0.2, 0) is 0 Å². The standard InChI is InChI=1S/C15H22N2O3S/c1-10-6-5-7-12(14(18)19)13(10)16-15(20)17(3)11(2)8-9-21-4/h5-7,11H,8-9H2,1-4H3,(H,16,20)(H,18,19). The summed E-state index contributed by atoms with van der Waals surface area (Å²) >= 11 is 1.74. The molecule has 21 heavy (non-hydrogen) atoms. The third kappa shape index (κ3) is 4.67. The van der Waals surface area contributed by atoms with E-state index in [2.05, 4.69) is 5.32 Å². The van der Waals surface area contributed by atoms with Crippen LogP contribution in [0, 0.1) is 6.92 Å². The van der Waals surface area contributed by atoms with E-state index in [4.69, 9.17) is 0 Å². The first-order valence-electron chi connectivity index (χ1n) is 6.74. The molecule has 0 saturated carbocycles. The van der Waals surface area contributed by atoms with Crippen molar-refractivity contribution in [1.29, 1.82) is 0 Å². The van der Waals surface area contributed by atoms with Gasteiger partial charge in [-0.1, -0.05) is 12.1 Å². The summed E-state index contributed by atoms with van der Waals surface area (Å²) in [4.78, 5) is 25.1. The topological polar surface area (TPSA) is 69.6 Å². The summed E-state index contributed by atoms with van der Waals surface area (Å²) in [5.41, 5.74) is 1.20. The Balaban J connectivity index is 2.86. The summed E-state index contributed by atoms with van der Waals surface area (Å²) in [6, 6.07) is 4.73. The van der Waals surface area contributed by atoms with Crippen molar-refractivity contribution in [1.82, 2.24) is 4.90 Å². The molecule has 0 radical (unpaired) electrons. The number of carbonyl (C=O) groups excluding carboxylic acids is 1. The number of aromatic carboxylic acids is 1. The summed E-state index contributed by atoms with van der Waals surface area (Å²) in [5, 5.41) is 11.9. The van der Waals surface area contributed by atoms with E-state index in [-0.39, 0.29) is 17.6 Å². The molecular weight excluding hydrogens is 288 g/mol. The highest BCUT2D eigenvalue weighted by Crippen LogP contribution is 2.21. The van der Waals surface area contributed by atoms with Crippen LogP contribution in [0.4, 0.5) is 10.5 Å². The van der Waals surface area contributed by atoms with Crippen molar-refractivity contribution in [2.45, 2.75) is 26.3 Å². The monoisotopic (exact) mass is 310 g/mol. The quantitative estimate of drug-likeness (QED) is 0.846. The first kappa shape index (κ1) is 17.4. The number of thioether (sulfide) groups is 1. The summed E-state index contributed by atoms with van der Waals surface area (Å²) in [5.74, 6) is -0.0733. The van der Waals surface area contributed by atoms with Gasteiger partial charge >= 0.3 is 12.0 Å². The van der Waals surface area contributed by atoms with E-state index < -0.39 is 5.97 Å². The molecule has 0 heterocycles. The first-order valence-corrected chi connectivity index (χ1v) is 8.13.